The van der Waals surface area contributed by atoms with E-state index in [-0.39, 0.29) is 0 Å². The smallest absolute Gasteiger partial charge is 0.0770 e. The summed E-state index contributed by atoms with van der Waals surface area (Å²) in [5.74, 6) is 0. The van der Waals surface area contributed by atoms with Crippen molar-refractivity contribution in [3.8, 4) is 0 Å². The highest BCUT2D eigenvalue weighted by atomic mass is 16.5. The van der Waals surface area contributed by atoms with Gasteiger partial charge in [-0.15, -0.1) is 0 Å². The Morgan fingerprint density at radius 1 is 1.47 bits per heavy atom. The van der Waals surface area contributed by atoms with Crippen LogP contribution in [0.1, 0.15) is 38.8 Å². The quantitative estimate of drug-likeness (QED) is 0.750. The molecule has 3 nitrogen and oxygen atoms in total. The molecule has 1 aromatic heterocycles. The molecule has 0 aliphatic carbocycles. The Bertz CT molecular complexity index is 264. The van der Waals surface area contributed by atoms with E-state index in [9.17, 15) is 0 Å². The van der Waals surface area contributed by atoms with Crippen LogP contribution in [0.4, 0.5) is 0 Å². The summed E-state index contributed by atoms with van der Waals surface area (Å²) < 4.78 is 7.61. The van der Waals surface area contributed by atoms with Crippen molar-refractivity contribution in [1.29, 1.82) is 0 Å². The van der Waals surface area contributed by atoms with Gasteiger partial charge in [0, 0.05) is 12.8 Å². The molecule has 2 rings (SSSR count). The summed E-state index contributed by atoms with van der Waals surface area (Å²) in [5.41, 5.74) is 1.08. The highest BCUT2D eigenvalue weighted by molar-refractivity contribution is 4.94. The normalized spacial score (nSPS) is 20.6. The van der Waals surface area contributed by atoms with Gasteiger partial charge in [0.05, 0.1) is 18.3 Å². The summed E-state index contributed by atoms with van der Waals surface area (Å²) in [5, 5.41) is 4.34. The molecule has 0 spiro atoms. The Kier molecular flexibility index (Phi) is 5.40. The highest BCUT2D eigenvalue weighted by Crippen LogP contribution is 2.14. The van der Waals surface area contributed by atoms with Crippen LogP contribution >= 0.6 is 0 Å². The van der Waals surface area contributed by atoms with Gasteiger partial charge < -0.3 is 4.74 Å². The number of aryl methyl sites for hydroxylation is 1. The minimum absolute atomic E-state index is 0.382. The first kappa shape index (κ1) is 12.2. The second kappa shape index (κ2) is 6.62. The van der Waals surface area contributed by atoms with Gasteiger partial charge >= 0.3 is 0 Å². The average molecular weight is 210 g/mol. The van der Waals surface area contributed by atoms with Crippen molar-refractivity contribution in [3.63, 3.8) is 0 Å². The lowest BCUT2D eigenvalue weighted by Crippen LogP contribution is -2.24. The molecule has 1 unspecified atom stereocenters. The van der Waals surface area contributed by atoms with E-state index in [1.165, 1.54) is 19.3 Å². The zero-order chi connectivity index (χ0) is 11.1. The van der Waals surface area contributed by atoms with Crippen molar-refractivity contribution in [3.05, 3.63) is 18.0 Å². The van der Waals surface area contributed by atoms with Crippen LogP contribution in [-0.2, 0) is 11.3 Å². The van der Waals surface area contributed by atoms with Gasteiger partial charge in [0.1, 0.15) is 0 Å². The lowest BCUT2D eigenvalue weighted by molar-refractivity contribution is 0.00396. The number of hydrogen-bond donors (Lipinski definition) is 0. The van der Waals surface area contributed by atoms with Crippen molar-refractivity contribution >= 4 is 0 Å². The van der Waals surface area contributed by atoms with Crippen LogP contribution in [0.25, 0.3) is 0 Å². The van der Waals surface area contributed by atoms with E-state index in [4.69, 9.17) is 4.74 Å². The predicted octanol–water partition coefficient (Wildman–Crippen LogP) is 2.79. The number of ether oxygens (including phenoxy) is 1. The summed E-state index contributed by atoms with van der Waals surface area (Å²) in [6.07, 6.45) is 6.10. The van der Waals surface area contributed by atoms with Gasteiger partial charge in [-0.05, 0) is 32.3 Å². The molecule has 0 aromatic carbocycles. The van der Waals surface area contributed by atoms with E-state index < -0.39 is 0 Å². The van der Waals surface area contributed by atoms with Crippen LogP contribution in [0, 0.1) is 6.92 Å². The van der Waals surface area contributed by atoms with Crippen molar-refractivity contribution in [2.24, 2.45) is 0 Å². The van der Waals surface area contributed by atoms with Gasteiger partial charge in [-0.2, -0.15) is 5.10 Å². The molecule has 1 aromatic rings. The third-order valence-corrected chi connectivity index (χ3v) is 2.44. The molecule has 0 bridgehead atoms. The number of nitrogens with zero attached hydrogens (tertiary/aromatic N) is 2. The van der Waals surface area contributed by atoms with Gasteiger partial charge in [-0.25, -0.2) is 0 Å². The molecule has 0 amide bonds. The van der Waals surface area contributed by atoms with Gasteiger partial charge in [0.2, 0.25) is 0 Å². The topological polar surface area (TPSA) is 27.1 Å². The van der Waals surface area contributed by atoms with Gasteiger partial charge in [-0.1, -0.05) is 13.8 Å². The number of aromatic nitrogens is 2. The maximum atomic E-state index is 5.63. The van der Waals surface area contributed by atoms with E-state index in [2.05, 4.69) is 5.10 Å². The molecule has 1 saturated heterocycles. The molecule has 0 N–H and O–H groups in total. The van der Waals surface area contributed by atoms with Crippen LogP contribution in [0.5, 0.6) is 0 Å². The third kappa shape index (κ3) is 4.04. The van der Waals surface area contributed by atoms with E-state index >= 15 is 0 Å². The Hall–Kier alpha value is -0.830. The zero-order valence-corrected chi connectivity index (χ0v) is 10.1. The van der Waals surface area contributed by atoms with Crippen LogP contribution in [0.2, 0.25) is 0 Å². The number of hydrogen-bond acceptors (Lipinski definition) is 2. The predicted molar refractivity (Wildman–Crippen MR) is 61.9 cm³/mol. The maximum Gasteiger partial charge on any atom is 0.0770 e. The molecule has 0 radical (unpaired) electrons. The first-order chi connectivity index (χ1) is 7.34. The minimum atomic E-state index is 0.382. The SMILES string of the molecule is CC.Cc1ccn(CC2CCCCO2)n1. The van der Waals surface area contributed by atoms with E-state index in [0.717, 1.165) is 18.8 Å². The number of rotatable bonds is 2. The van der Waals surface area contributed by atoms with Crippen molar-refractivity contribution < 1.29 is 4.74 Å². The van der Waals surface area contributed by atoms with Gasteiger partial charge in [0.25, 0.3) is 0 Å². The van der Waals surface area contributed by atoms with Crippen molar-refractivity contribution in [2.45, 2.75) is 52.7 Å². The molecule has 2 heterocycles. The van der Waals surface area contributed by atoms with Crippen molar-refractivity contribution in [1.82, 2.24) is 9.78 Å². The van der Waals surface area contributed by atoms with E-state index in [1.807, 2.05) is 37.7 Å². The van der Waals surface area contributed by atoms with Crippen LogP contribution in [0.15, 0.2) is 12.3 Å². The summed E-state index contributed by atoms with van der Waals surface area (Å²) in [7, 11) is 0. The summed E-state index contributed by atoms with van der Waals surface area (Å²) in [6, 6.07) is 2.03. The van der Waals surface area contributed by atoms with Gasteiger partial charge in [-0.3, -0.25) is 4.68 Å². The molecule has 15 heavy (non-hydrogen) atoms. The van der Waals surface area contributed by atoms with Crippen LogP contribution in [-0.4, -0.2) is 22.5 Å². The summed E-state index contributed by atoms with van der Waals surface area (Å²) in [4.78, 5) is 0. The molecule has 1 atom stereocenters. The molecular formula is C12H22N2O. The fraction of sp³-hybridized carbons (Fsp3) is 0.750. The lowest BCUT2D eigenvalue weighted by Gasteiger charge is -2.22. The van der Waals surface area contributed by atoms with Crippen molar-refractivity contribution in [2.75, 3.05) is 6.61 Å². The van der Waals surface area contributed by atoms with E-state index in [0.29, 0.717) is 6.10 Å². The monoisotopic (exact) mass is 210 g/mol. The molecule has 1 fully saturated rings. The molecule has 1 aliphatic heterocycles. The maximum absolute atomic E-state index is 5.63. The lowest BCUT2D eigenvalue weighted by atomic mass is 10.1. The average Bonchev–Trinajstić information content (AvgIpc) is 2.68. The fourth-order valence-electron chi connectivity index (χ4n) is 1.72. The molecule has 1 aliphatic rings. The largest absolute Gasteiger partial charge is 0.376 e. The molecule has 3 heteroatoms. The Labute approximate surface area is 92.4 Å². The molecule has 0 saturated carbocycles. The summed E-state index contributed by atoms with van der Waals surface area (Å²) in [6.45, 7) is 7.84. The minimum Gasteiger partial charge on any atom is -0.376 e. The highest BCUT2D eigenvalue weighted by Gasteiger charge is 2.14. The molecule has 86 valence electrons. The Balaban J connectivity index is 0.000000531. The molecular weight excluding hydrogens is 188 g/mol. The van der Waals surface area contributed by atoms with E-state index in [1.54, 1.807) is 0 Å². The summed E-state index contributed by atoms with van der Waals surface area (Å²) >= 11 is 0. The standard InChI is InChI=1S/C10H16N2O.C2H6/c1-9-5-6-12(11-9)8-10-4-2-3-7-13-10;1-2/h5-6,10H,2-4,7-8H2,1H3;1-2H3. The third-order valence-electron chi connectivity index (χ3n) is 2.44. The first-order valence-corrected chi connectivity index (χ1v) is 5.96. The second-order valence-electron chi connectivity index (χ2n) is 3.67. The first-order valence-electron chi connectivity index (χ1n) is 5.96. The van der Waals surface area contributed by atoms with Gasteiger partial charge in [0.15, 0.2) is 0 Å². The Morgan fingerprint density at radius 3 is 2.80 bits per heavy atom. The Morgan fingerprint density at radius 2 is 2.27 bits per heavy atom. The zero-order valence-electron chi connectivity index (χ0n) is 10.1. The fourth-order valence-corrected chi connectivity index (χ4v) is 1.72. The van der Waals surface area contributed by atoms with Crippen LogP contribution < -0.4 is 0 Å². The van der Waals surface area contributed by atoms with Crippen LogP contribution in [0.3, 0.4) is 0 Å². The second-order valence-corrected chi connectivity index (χ2v) is 3.67.